The number of aromatic nitrogens is 2. The first-order chi connectivity index (χ1) is 10.6. The molecule has 1 amide bonds. The van der Waals surface area contributed by atoms with Crippen molar-refractivity contribution >= 4 is 5.91 Å². The summed E-state index contributed by atoms with van der Waals surface area (Å²) in [6.07, 6.45) is 0.765. The molecule has 0 unspecified atom stereocenters. The highest BCUT2D eigenvalue weighted by Gasteiger charge is 2.10. The second kappa shape index (κ2) is 7.44. The third-order valence-corrected chi connectivity index (χ3v) is 3.10. The minimum Gasteiger partial charge on any atom is -0.497 e. The van der Waals surface area contributed by atoms with E-state index in [4.69, 9.17) is 14.0 Å². The van der Waals surface area contributed by atoms with E-state index in [9.17, 15) is 4.79 Å². The zero-order valence-electron chi connectivity index (χ0n) is 12.9. The zero-order valence-corrected chi connectivity index (χ0v) is 12.9. The summed E-state index contributed by atoms with van der Waals surface area (Å²) >= 11 is 0. The molecule has 22 heavy (non-hydrogen) atoms. The van der Waals surface area contributed by atoms with Crippen molar-refractivity contribution in [3.8, 4) is 11.5 Å². The van der Waals surface area contributed by atoms with Crippen LogP contribution in [0.2, 0.25) is 0 Å². The molecular weight excluding hydrogens is 286 g/mol. The molecule has 1 aromatic carbocycles. The number of hydrogen-bond donors (Lipinski definition) is 1. The zero-order chi connectivity index (χ0) is 15.9. The van der Waals surface area contributed by atoms with Crippen molar-refractivity contribution in [2.24, 2.45) is 0 Å². The van der Waals surface area contributed by atoms with Gasteiger partial charge in [-0.3, -0.25) is 4.79 Å². The lowest BCUT2D eigenvalue weighted by Crippen LogP contribution is -2.27. The first-order valence-electron chi connectivity index (χ1n) is 6.89. The van der Waals surface area contributed by atoms with E-state index in [-0.39, 0.29) is 12.3 Å². The third kappa shape index (κ3) is 4.21. The molecule has 118 valence electrons. The number of nitrogens with one attached hydrogen (secondary N) is 1. The topological polar surface area (TPSA) is 86.5 Å². The maximum absolute atomic E-state index is 11.8. The Labute approximate surface area is 128 Å². The maximum Gasteiger partial charge on any atom is 0.227 e. The van der Waals surface area contributed by atoms with Gasteiger partial charge in [0.1, 0.15) is 11.5 Å². The number of hydrogen-bond acceptors (Lipinski definition) is 6. The van der Waals surface area contributed by atoms with Crippen LogP contribution in [0.4, 0.5) is 0 Å². The lowest BCUT2D eigenvalue weighted by molar-refractivity contribution is -0.120. The van der Waals surface area contributed by atoms with Crippen molar-refractivity contribution in [3.63, 3.8) is 0 Å². The van der Waals surface area contributed by atoms with E-state index in [1.807, 2.05) is 18.2 Å². The molecule has 0 bridgehead atoms. The average Bonchev–Trinajstić information content (AvgIpc) is 2.92. The molecular formula is C15H19N3O4. The van der Waals surface area contributed by atoms with Gasteiger partial charge in [-0.05, 0) is 18.1 Å². The molecule has 0 aliphatic carbocycles. The van der Waals surface area contributed by atoms with Crippen molar-refractivity contribution < 1.29 is 18.8 Å². The van der Waals surface area contributed by atoms with Crippen LogP contribution in [0.15, 0.2) is 22.7 Å². The Bertz CT molecular complexity index is 639. The molecule has 2 rings (SSSR count). The van der Waals surface area contributed by atoms with E-state index in [1.165, 1.54) is 0 Å². The largest absolute Gasteiger partial charge is 0.497 e. The van der Waals surface area contributed by atoms with E-state index < -0.39 is 0 Å². The molecule has 0 atom stereocenters. The molecule has 0 spiro atoms. The molecule has 0 saturated carbocycles. The van der Waals surface area contributed by atoms with Crippen molar-refractivity contribution in [3.05, 3.63) is 35.5 Å². The van der Waals surface area contributed by atoms with Gasteiger partial charge in [0.25, 0.3) is 0 Å². The second-order valence-electron chi connectivity index (χ2n) is 4.68. The Morgan fingerprint density at radius 2 is 2.14 bits per heavy atom. The van der Waals surface area contributed by atoms with Crippen LogP contribution in [0.5, 0.6) is 11.5 Å². The van der Waals surface area contributed by atoms with Crippen molar-refractivity contribution in [1.29, 1.82) is 0 Å². The van der Waals surface area contributed by atoms with Gasteiger partial charge in [0.2, 0.25) is 11.8 Å². The predicted octanol–water partition coefficient (Wildman–Crippen LogP) is 1.30. The van der Waals surface area contributed by atoms with Crippen molar-refractivity contribution in [2.45, 2.75) is 19.8 Å². The standard InChI is InChI=1S/C15H19N3O4/c1-10-17-14(18-22-10)9-15(19)16-7-6-11-4-5-12(20-2)8-13(11)21-3/h4-5,8H,6-7,9H2,1-3H3,(H,16,19). The quantitative estimate of drug-likeness (QED) is 0.829. The van der Waals surface area contributed by atoms with E-state index >= 15 is 0 Å². The summed E-state index contributed by atoms with van der Waals surface area (Å²) in [4.78, 5) is 15.8. The van der Waals surface area contributed by atoms with Crippen LogP contribution in [0.3, 0.4) is 0 Å². The first-order valence-corrected chi connectivity index (χ1v) is 6.89. The number of methoxy groups -OCH3 is 2. The van der Waals surface area contributed by atoms with Crippen LogP contribution in [0.1, 0.15) is 17.3 Å². The van der Waals surface area contributed by atoms with Gasteiger partial charge in [0.05, 0.1) is 20.6 Å². The number of rotatable bonds is 7. The summed E-state index contributed by atoms with van der Waals surface area (Å²) in [6.45, 7) is 2.18. The minimum absolute atomic E-state index is 0.108. The summed E-state index contributed by atoms with van der Waals surface area (Å²) in [5.74, 6) is 2.16. The lowest BCUT2D eigenvalue weighted by Gasteiger charge is -2.10. The first kappa shape index (κ1) is 15.8. The molecule has 0 radical (unpaired) electrons. The van der Waals surface area contributed by atoms with E-state index in [0.29, 0.717) is 24.7 Å². The number of amides is 1. The van der Waals surface area contributed by atoms with Crippen LogP contribution >= 0.6 is 0 Å². The number of benzene rings is 1. The summed E-state index contributed by atoms with van der Waals surface area (Å²) in [5.41, 5.74) is 0.999. The van der Waals surface area contributed by atoms with Gasteiger partial charge >= 0.3 is 0 Å². The van der Waals surface area contributed by atoms with Gasteiger partial charge in [0.15, 0.2) is 5.82 Å². The molecule has 0 aliphatic heterocycles. The molecule has 7 heteroatoms. The fourth-order valence-corrected chi connectivity index (χ4v) is 2.01. The molecule has 7 nitrogen and oxygen atoms in total. The summed E-state index contributed by atoms with van der Waals surface area (Å²) < 4.78 is 15.3. The highest BCUT2D eigenvalue weighted by molar-refractivity contribution is 5.77. The summed E-state index contributed by atoms with van der Waals surface area (Å²) in [5, 5.41) is 6.51. The molecule has 1 aromatic heterocycles. The summed E-state index contributed by atoms with van der Waals surface area (Å²) in [6, 6.07) is 5.60. The van der Waals surface area contributed by atoms with Crippen LogP contribution in [0, 0.1) is 6.92 Å². The monoisotopic (exact) mass is 305 g/mol. The van der Waals surface area contributed by atoms with Gasteiger partial charge < -0.3 is 19.3 Å². The minimum atomic E-state index is -0.145. The predicted molar refractivity (Wildman–Crippen MR) is 79.0 cm³/mol. The van der Waals surface area contributed by atoms with E-state index in [1.54, 1.807) is 21.1 Å². The van der Waals surface area contributed by atoms with Crippen LogP contribution in [-0.4, -0.2) is 36.8 Å². The number of nitrogens with zero attached hydrogens (tertiary/aromatic N) is 2. The fraction of sp³-hybridized carbons (Fsp3) is 0.400. The van der Waals surface area contributed by atoms with Gasteiger partial charge in [-0.2, -0.15) is 4.98 Å². The number of carbonyl (C=O) groups excluding carboxylic acids is 1. The average molecular weight is 305 g/mol. The van der Waals surface area contributed by atoms with Gasteiger partial charge in [-0.15, -0.1) is 0 Å². The number of aryl methyl sites for hydroxylation is 1. The highest BCUT2D eigenvalue weighted by atomic mass is 16.5. The SMILES string of the molecule is COc1ccc(CCNC(=O)Cc2noc(C)n2)c(OC)c1. The molecule has 0 saturated heterocycles. The molecule has 2 aromatic rings. The van der Waals surface area contributed by atoms with Gasteiger partial charge in [-0.1, -0.05) is 11.2 Å². The lowest BCUT2D eigenvalue weighted by atomic mass is 10.1. The Morgan fingerprint density at radius 1 is 1.32 bits per heavy atom. The highest BCUT2D eigenvalue weighted by Crippen LogP contribution is 2.24. The van der Waals surface area contributed by atoms with Crippen LogP contribution in [0.25, 0.3) is 0 Å². The van der Waals surface area contributed by atoms with E-state index in [0.717, 1.165) is 17.1 Å². The normalized spacial score (nSPS) is 10.3. The Balaban J connectivity index is 1.84. The van der Waals surface area contributed by atoms with Gasteiger partial charge in [0, 0.05) is 19.5 Å². The second-order valence-corrected chi connectivity index (χ2v) is 4.68. The van der Waals surface area contributed by atoms with Crippen molar-refractivity contribution in [1.82, 2.24) is 15.5 Å². The third-order valence-electron chi connectivity index (χ3n) is 3.10. The van der Waals surface area contributed by atoms with Crippen LogP contribution < -0.4 is 14.8 Å². The Hall–Kier alpha value is -2.57. The maximum atomic E-state index is 11.8. The number of carbonyl (C=O) groups is 1. The number of ether oxygens (including phenoxy) is 2. The fourth-order valence-electron chi connectivity index (χ4n) is 2.01. The molecule has 1 N–H and O–H groups in total. The molecule has 1 heterocycles. The Morgan fingerprint density at radius 3 is 2.77 bits per heavy atom. The smallest absolute Gasteiger partial charge is 0.227 e. The van der Waals surface area contributed by atoms with Gasteiger partial charge in [-0.25, -0.2) is 0 Å². The summed E-state index contributed by atoms with van der Waals surface area (Å²) in [7, 11) is 3.21. The molecule has 0 aliphatic rings. The van der Waals surface area contributed by atoms with Crippen molar-refractivity contribution in [2.75, 3.05) is 20.8 Å². The Kier molecular flexibility index (Phi) is 5.35. The van der Waals surface area contributed by atoms with Crippen LogP contribution in [-0.2, 0) is 17.6 Å². The molecule has 0 fully saturated rings. The van der Waals surface area contributed by atoms with E-state index in [2.05, 4.69) is 15.5 Å².